The molecule has 0 N–H and O–H groups in total. The van der Waals surface area contributed by atoms with Gasteiger partial charge in [0, 0.05) is 28.7 Å². The van der Waals surface area contributed by atoms with Gasteiger partial charge in [-0.25, -0.2) is 9.37 Å². The second-order valence-corrected chi connectivity index (χ2v) is 9.73. The van der Waals surface area contributed by atoms with Gasteiger partial charge in [0.25, 0.3) is 0 Å². The van der Waals surface area contributed by atoms with Crippen LogP contribution in [0.2, 0.25) is 0 Å². The molecule has 0 bridgehead atoms. The summed E-state index contributed by atoms with van der Waals surface area (Å²) in [7, 11) is 0. The summed E-state index contributed by atoms with van der Waals surface area (Å²) in [5.41, 5.74) is 1.60. The van der Waals surface area contributed by atoms with Crippen molar-refractivity contribution in [2.75, 3.05) is 0 Å². The van der Waals surface area contributed by atoms with E-state index >= 15 is 0 Å². The number of halogens is 1. The molecule has 3 heterocycles. The minimum Gasteiger partial charge on any atom is -0.444 e. The maximum atomic E-state index is 13.2. The Morgan fingerprint density at radius 3 is 2.71 bits per heavy atom. The molecule has 4 aromatic rings. The Morgan fingerprint density at radius 2 is 1.94 bits per heavy atom. The summed E-state index contributed by atoms with van der Waals surface area (Å²) in [6.45, 7) is 0. The molecule has 1 aliphatic carbocycles. The summed E-state index contributed by atoms with van der Waals surface area (Å²) >= 11 is 3.41. The van der Waals surface area contributed by atoms with Gasteiger partial charge in [-0.3, -0.25) is 0 Å². The number of aromatic nitrogens is 4. The lowest BCUT2D eigenvalue weighted by Gasteiger charge is -2.25. The average Bonchev–Trinajstić information content (AvgIpc) is 3.55. The number of hydrogen-bond acceptors (Lipinski definition) is 6. The molecule has 1 aliphatic rings. The van der Waals surface area contributed by atoms with Gasteiger partial charge < -0.3 is 8.98 Å². The van der Waals surface area contributed by atoms with E-state index in [-0.39, 0.29) is 5.82 Å². The smallest absolute Gasteiger partial charge is 0.226 e. The Balaban J connectivity index is 1.34. The second kappa shape index (κ2) is 9.36. The first-order chi connectivity index (χ1) is 15.3. The molecule has 1 aromatic carbocycles. The Kier molecular flexibility index (Phi) is 6.18. The normalized spacial score (nSPS) is 14.9. The highest BCUT2D eigenvalue weighted by molar-refractivity contribution is 7.98. The largest absolute Gasteiger partial charge is 0.444 e. The summed E-state index contributed by atoms with van der Waals surface area (Å²) in [5, 5.41) is 12.2. The fourth-order valence-corrected chi connectivity index (χ4v) is 5.64. The Morgan fingerprint density at radius 1 is 1.10 bits per heavy atom. The van der Waals surface area contributed by atoms with Crippen LogP contribution < -0.4 is 0 Å². The van der Waals surface area contributed by atoms with Crippen LogP contribution in [0.25, 0.3) is 11.5 Å². The van der Waals surface area contributed by atoms with Crippen LogP contribution in [0.5, 0.6) is 0 Å². The van der Waals surface area contributed by atoms with E-state index in [2.05, 4.69) is 37.3 Å². The summed E-state index contributed by atoms with van der Waals surface area (Å²) in [4.78, 5) is 5.88. The van der Waals surface area contributed by atoms with Gasteiger partial charge in [-0.2, -0.15) is 0 Å². The van der Waals surface area contributed by atoms with E-state index in [1.807, 2.05) is 0 Å². The van der Waals surface area contributed by atoms with Crippen molar-refractivity contribution in [3.05, 3.63) is 70.3 Å². The SMILES string of the molecule is Fc1ccc(-c2nc(CSc3nnc(Cc4cccs4)n3C3CCCCC3)co2)cc1. The zero-order chi connectivity index (χ0) is 21.0. The molecule has 8 heteroatoms. The number of oxazole rings is 1. The maximum Gasteiger partial charge on any atom is 0.226 e. The quantitative estimate of drug-likeness (QED) is 0.298. The van der Waals surface area contributed by atoms with Gasteiger partial charge in [-0.15, -0.1) is 21.5 Å². The minimum atomic E-state index is -0.272. The third-order valence-electron chi connectivity index (χ3n) is 5.58. The van der Waals surface area contributed by atoms with Crippen molar-refractivity contribution in [3.8, 4) is 11.5 Å². The number of thiophene rings is 1. The van der Waals surface area contributed by atoms with Crippen molar-refractivity contribution in [3.63, 3.8) is 0 Å². The van der Waals surface area contributed by atoms with Gasteiger partial charge in [-0.1, -0.05) is 37.1 Å². The third kappa shape index (κ3) is 4.75. The summed E-state index contributed by atoms with van der Waals surface area (Å²) < 4.78 is 21.1. The lowest BCUT2D eigenvalue weighted by atomic mass is 9.95. The van der Waals surface area contributed by atoms with E-state index in [0.717, 1.165) is 28.7 Å². The van der Waals surface area contributed by atoms with Crippen molar-refractivity contribution in [2.24, 2.45) is 0 Å². The van der Waals surface area contributed by atoms with Crippen LogP contribution in [0.15, 0.2) is 57.6 Å². The molecule has 0 aliphatic heterocycles. The van der Waals surface area contributed by atoms with Crippen molar-refractivity contribution in [1.82, 2.24) is 19.7 Å². The average molecular weight is 455 g/mol. The molecule has 1 fully saturated rings. The van der Waals surface area contributed by atoms with Crippen LogP contribution in [-0.2, 0) is 12.2 Å². The fourth-order valence-electron chi connectivity index (χ4n) is 4.04. The van der Waals surface area contributed by atoms with Crippen molar-refractivity contribution >= 4 is 23.1 Å². The molecule has 0 saturated heterocycles. The summed E-state index contributed by atoms with van der Waals surface area (Å²) in [5.74, 6) is 1.92. The first-order valence-corrected chi connectivity index (χ1v) is 12.4. The molecule has 0 amide bonds. The highest BCUT2D eigenvalue weighted by Crippen LogP contribution is 2.34. The van der Waals surface area contributed by atoms with Crippen LogP contribution >= 0.6 is 23.1 Å². The minimum absolute atomic E-state index is 0.272. The van der Waals surface area contributed by atoms with Crippen LogP contribution in [0, 0.1) is 5.82 Å². The zero-order valence-corrected chi connectivity index (χ0v) is 18.7. The zero-order valence-electron chi connectivity index (χ0n) is 17.0. The van der Waals surface area contributed by atoms with Crippen LogP contribution in [0.1, 0.15) is 54.5 Å². The molecule has 0 atom stereocenters. The second-order valence-electron chi connectivity index (χ2n) is 7.76. The van der Waals surface area contributed by atoms with Crippen molar-refractivity contribution in [1.29, 1.82) is 0 Å². The standard InChI is InChI=1S/C23H23FN4OS2/c24-17-10-8-16(9-11-17)22-25-18(14-29-22)15-31-23-27-26-21(13-20-7-4-12-30-20)28(23)19-5-2-1-3-6-19/h4,7-12,14,19H,1-3,5-6,13,15H2. The molecule has 5 nitrogen and oxygen atoms in total. The molecule has 1 saturated carbocycles. The Labute approximate surface area is 188 Å². The molecule has 0 radical (unpaired) electrons. The van der Waals surface area contributed by atoms with Gasteiger partial charge in [0.15, 0.2) is 5.16 Å². The molecular formula is C23H23FN4OS2. The molecular weight excluding hydrogens is 431 g/mol. The van der Waals surface area contributed by atoms with E-state index in [1.165, 1.54) is 49.1 Å². The topological polar surface area (TPSA) is 56.7 Å². The molecule has 31 heavy (non-hydrogen) atoms. The first kappa shape index (κ1) is 20.5. The Bertz CT molecular complexity index is 1120. The van der Waals surface area contributed by atoms with Gasteiger partial charge >= 0.3 is 0 Å². The van der Waals surface area contributed by atoms with E-state index in [1.54, 1.807) is 41.5 Å². The van der Waals surface area contributed by atoms with Gasteiger partial charge in [0.2, 0.25) is 5.89 Å². The van der Waals surface area contributed by atoms with E-state index in [4.69, 9.17) is 4.42 Å². The van der Waals surface area contributed by atoms with Crippen LogP contribution in [0.3, 0.4) is 0 Å². The predicted molar refractivity (Wildman–Crippen MR) is 121 cm³/mol. The van der Waals surface area contributed by atoms with Crippen LogP contribution in [-0.4, -0.2) is 19.7 Å². The number of hydrogen-bond donors (Lipinski definition) is 0. The number of benzene rings is 1. The molecule has 5 rings (SSSR count). The summed E-state index contributed by atoms with van der Waals surface area (Å²) in [6.07, 6.45) is 8.68. The third-order valence-corrected chi connectivity index (χ3v) is 7.43. The van der Waals surface area contributed by atoms with Gasteiger partial charge in [-0.05, 0) is 48.6 Å². The lowest BCUT2D eigenvalue weighted by Crippen LogP contribution is -2.16. The highest BCUT2D eigenvalue weighted by atomic mass is 32.2. The van der Waals surface area contributed by atoms with Crippen molar-refractivity contribution < 1.29 is 8.81 Å². The van der Waals surface area contributed by atoms with Gasteiger partial charge in [0.05, 0.1) is 5.69 Å². The fraction of sp³-hybridized carbons (Fsp3) is 0.348. The van der Waals surface area contributed by atoms with Crippen LogP contribution in [0.4, 0.5) is 4.39 Å². The van der Waals surface area contributed by atoms with Crippen molar-refractivity contribution in [2.45, 2.75) is 55.5 Å². The molecule has 0 spiro atoms. The molecule has 3 aromatic heterocycles. The predicted octanol–water partition coefficient (Wildman–Crippen LogP) is 6.52. The van der Waals surface area contributed by atoms with E-state index < -0.39 is 0 Å². The first-order valence-electron chi connectivity index (χ1n) is 10.6. The molecule has 0 unspecified atom stereocenters. The van der Waals surface area contributed by atoms with Gasteiger partial charge in [0.1, 0.15) is 17.9 Å². The van der Waals surface area contributed by atoms with E-state index in [0.29, 0.717) is 17.7 Å². The summed E-state index contributed by atoms with van der Waals surface area (Å²) in [6, 6.07) is 10.9. The maximum absolute atomic E-state index is 13.2. The highest BCUT2D eigenvalue weighted by Gasteiger charge is 2.23. The van der Waals surface area contributed by atoms with E-state index in [9.17, 15) is 4.39 Å². The number of thioether (sulfide) groups is 1. The number of rotatable bonds is 7. The monoisotopic (exact) mass is 454 g/mol. The molecule has 160 valence electrons. The number of nitrogens with zero attached hydrogens (tertiary/aromatic N) is 4. The lowest BCUT2D eigenvalue weighted by molar-refractivity contribution is 0.330. The Hall–Kier alpha value is -2.45.